The van der Waals surface area contributed by atoms with Crippen LogP contribution in [0.3, 0.4) is 0 Å². The lowest BCUT2D eigenvalue weighted by atomic mass is 10.1. The van der Waals surface area contributed by atoms with Crippen LogP contribution in [0.4, 0.5) is 0 Å². The largest absolute Gasteiger partial charge is 0.336 e. The molecule has 0 aromatic carbocycles. The summed E-state index contributed by atoms with van der Waals surface area (Å²) in [5.41, 5.74) is 2.14. The summed E-state index contributed by atoms with van der Waals surface area (Å²) in [4.78, 5) is 18.1. The Morgan fingerprint density at radius 1 is 1.42 bits per heavy atom. The molecule has 0 bridgehead atoms. The lowest BCUT2D eigenvalue weighted by Crippen LogP contribution is -2.48. The Kier molecular flexibility index (Phi) is 4.77. The number of thiophene rings is 1. The molecule has 19 heavy (non-hydrogen) atoms. The quantitative estimate of drug-likeness (QED) is 0.790. The Bertz CT molecular complexity index is 459. The molecule has 1 aromatic heterocycles. The van der Waals surface area contributed by atoms with Gasteiger partial charge >= 0.3 is 0 Å². The number of rotatable bonds is 4. The summed E-state index contributed by atoms with van der Waals surface area (Å²) in [5.74, 6) is 0.208. The second kappa shape index (κ2) is 6.35. The molecule has 0 unspecified atom stereocenters. The van der Waals surface area contributed by atoms with Crippen LogP contribution in [-0.2, 0) is 6.42 Å². The number of nitrogens with zero attached hydrogens (tertiary/aromatic N) is 2. The number of aryl methyl sites for hydroxylation is 1. The molecule has 4 heteroatoms. The minimum atomic E-state index is 0.208. The first-order chi connectivity index (χ1) is 9.17. The summed E-state index contributed by atoms with van der Waals surface area (Å²) in [6.07, 6.45) is 2.86. The van der Waals surface area contributed by atoms with Crippen molar-refractivity contribution < 1.29 is 4.79 Å². The van der Waals surface area contributed by atoms with Crippen LogP contribution in [-0.4, -0.2) is 48.4 Å². The molecule has 2 rings (SSSR count). The van der Waals surface area contributed by atoms with E-state index in [2.05, 4.69) is 25.3 Å². The maximum atomic E-state index is 12.6. The summed E-state index contributed by atoms with van der Waals surface area (Å²) >= 11 is 1.69. The van der Waals surface area contributed by atoms with E-state index in [1.165, 1.54) is 10.4 Å². The highest BCUT2D eigenvalue weighted by atomic mass is 32.1. The first-order valence-electron chi connectivity index (χ1n) is 6.86. The van der Waals surface area contributed by atoms with Gasteiger partial charge in [-0.05, 0) is 18.9 Å². The van der Waals surface area contributed by atoms with E-state index < -0.39 is 0 Å². The van der Waals surface area contributed by atoms with Crippen molar-refractivity contribution in [2.75, 3.05) is 32.7 Å². The molecule has 0 atom stereocenters. The fourth-order valence-electron chi connectivity index (χ4n) is 2.58. The van der Waals surface area contributed by atoms with Crippen molar-refractivity contribution in [2.45, 2.75) is 20.3 Å². The molecule has 1 saturated heterocycles. The summed E-state index contributed by atoms with van der Waals surface area (Å²) in [6, 6.07) is 0. The highest BCUT2D eigenvalue weighted by Crippen LogP contribution is 2.24. The van der Waals surface area contributed by atoms with Gasteiger partial charge in [-0.3, -0.25) is 9.69 Å². The van der Waals surface area contributed by atoms with Gasteiger partial charge in [-0.1, -0.05) is 13.0 Å². The first kappa shape index (κ1) is 14.3. The van der Waals surface area contributed by atoms with Gasteiger partial charge in [-0.25, -0.2) is 0 Å². The van der Waals surface area contributed by atoms with Crippen molar-refractivity contribution in [3.63, 3.8) is 0 Å². The predicted molar refractivity (Wildman–Crippen MR) is 81.0 cm³/mol. The van der Waals surface area contributed by atoms with Crippen LogP contribution in [0.2, 0.25) is 0 Å². The van der Waals surface area contributed by atoms with Gasteiger partial charge in [0, 0.05) is 43.0 Å². The fourth-order valence-corrected chi connectivity index (χ4v) is 3.52. The third-order valence-corrected chi connectivity index (χ3v) is 4.69. The number of amides is 1. The van der Waals surface area contributed by atoms with E-state index >= 15 is 0 Å². The lowest BCUT2D eigenvalue weighted by Gasteiger charge is -2.34. The average Bonchev–Trinajstić information content (AvgIpc) is 2.80. The van der Waals surface area contributed by atoms with Gasteiger partial charge in [-0.2, -0.15) is 0 Å². The molecule has 2 heterocycles. The summed E-state index contributed by atoms with van der Waals surface area (Å²) in [5, 5.41) is 2.02. The van der Waals surface area contributed by atoms with Crippen LogP contribution in [0.5, 0.6) is 0 Å². The molecule has 0 N–H and O–H groups in total. The van der Waals surface area contributed by atoms with Crippen LogP contribution in [0.15, 0.2) is 18.0 Å². The van der Waals surface area contributed by atoms with Gasteiger partial charge < -0.3 is 4.90 Å². The Morgan fingerprint density at radius 3 is 2.68 bits per heavy atom. The van der Waals surface area contributed by atoms with Crippen molar-refractivity contribution in [3.8, 4) is 0 Å². The van der Waals surface area contributed by atoms with Crippen LogP contribution >= 0.6 is 11.3 Å². The minimum absolute atomic E-state index is 0.208. The molecule has 1 aromatic rings. The van der Waals surface area contributed by atoms with Crippen molar-refractivity contribution >= 4 is 17.2 Å². The Balaban J connectivity index is 2.03. The number of carbonyl (C=O) groups is 1. The first-order valence-corrected chi connectivity index (χ1v) is 7.74. The zero-order valence-electron chi connectivity index (χ0n) is 11.8. The molecule has 104 valence electrons. The van der Waals surface area contributed by atoms with Crippen molar-refractivity contribution in [1.82, 2.24) is 9.80 Å². The van der Waals surface area contributed by atoms with Gasteiger partial charge in [0.1, 0.15) is 0 Å². The molecule has 0 saturated carbocycles. The Morgan fingerprint density at radius 2 is 2.11 bits per heavy atom. The van der Waals surface area contributed by atoms with E-state index in [1.54, 1.807) is 11.3 Å². The fraction of sp³-hybridized carbons (Fsp3) is 0.533. The third kappa shape index (κ3) is 3.07. The van der Waals surface area contributed by atoms with Gasteiger partial charge in [0.05, 0.1) is 5.56 Å². The van der Waals surface area contributed by atoms with Crippen molar-refractivity contribution in [1.29, 1.82) is 0 Å². The van der Waals surface area contributed by atoms with E-state index in [0.29, 0.717) is 0 Å². The standard InChI is InChI=1S/C15H22N2OS/c1-4-6-16-7-9-17(10-8-16)15(18)14-11-19-12(3)13(14)5-2/h4,11H,1,5-10H2,2-3H3. The molecule has 3 nitrogen and oxygen atoms in total. The monoisotopic (exact) mass is 278 g/mol. The summed E-state index contributed by atoms with van der Waals surface area (Å²) < 4.78 is 0. The molecule has 0 radical (unpaired) electrons. The highest BCUT2D eigenvalue weighted by Gasteiger charge is 2.24. The molecule has 1 amide bonds. The van der Waals surface area contributed by atoms with Gasteiger partial charge in [0.15, 0.2) is 0 Å². The van der Waals surface area contributed by atoms with Crippen LogP contribution in [0, 0.1) is 6.92 Å². The highest BCUT2D eigenvalue weighted by molar-refractivity contribution is 7.10. The normalized spacial score (nSPS) is 16.6. The summed E-state index contributed by atoms with van der Waals surface area (Å²) in [7, 11) is 0. The Hall–Kier alpha value is -1.13. The van der Waals surface area contributed by atoms with E-state index in [1.807, 2.05) is 16.4 Å². The predicted octanol–water partition coefficient (Wildman–Crippen LogP) is 2.56. The number of carbonyl (C=O) groups excluding carboxylic acids is 1. The zero-order valence-corrected chi connectivity index (χ0v) is 12.6. The van der Waals surface area contributed by atoms with E-state index in [9.17, 15) is 4.79 Å². The van der Waals surface area contributed by atoms with Crippen LogP contribution in [0.25, 0.3) is 0 Å². The van der Waals surface area contributed by atoms with Crippen LogP contribution < -0.4 is 0 Å². The van der Waals surface area contributed by atoms with E-state index in [0.717, 1.165) is 44.7 Å². The van der Waals surface area contributed by atoms with Gasteiger partial charge in [0.25, 0.3) is 5.91 Å². The molecule has 1 aliphatic rings. The molecule has 0 spiro atoms. The zero-order chi connectivity index (χ0) is 13.8. The molecule has 1 aliphatic heterocycles. The van der Waals surface area contributed by atoms with Gasteiger partial charge in [0.2, 0.25) is 0 Å². The lowest BCUT2D eigenvalue weighted by molar-refractivity contribution is 0.0649. The van der Waals surface area contributed by atoms with E-state index in [4.69, 9.17) is 0 Å². The molecular weight excluding hydrogens is 256 g/mol. The average molecular weight is 278 g/mol. The molecular formula is C15H22N2OS. The second-order valence-corrected chi connectivity index (χ2v) is 6.00. The minimum Gasteiger partial charge on any atom is -0.336 e. The maximum Gasteiger partial charge on any atom is 0.255 e. The molecule has 0 aliphatic carbocycles. The van der Waals surface area contributed by atoms with Gasteiger partial charge in [-0.15, -0.1) is 17.9 Å². The topological polar surface area (TPSA) is 23.6 Å². The Labute approximate surface area is 119 Å². The molecule has 1 fully saturated rings. The van der Waals surface area contributed by atoms with Crippen molar-refractivity contribution in [3.05, 3.63) is 34.0 Å². The van der Waals surface area contributed by atoms with E-state index in [-0.39, 0.29) is 5.91 Å². The summed E-state index contributed by atoms with van der Waals surface area (Å²) in [6.45, 7) is 12.4. The maximum absolute atomic E-state index is 12.6. The number of hydrogen-bond donors (Lipinski definition) is 0. The van der Waals surface area contributed by atoms with Crippen molar-refractivity contribution in [2.24, 2.45) is 0 Å². The number of piperazine rings is 1. The number of hydrogen-bond acceptors (Lipinski definition) is 3. The smallest absolute Gasteiger partial charge is 0.255 e. The second-order valence-electron chi connectivity index (χ2n) is 4.92. The van der Waals surface area contributed by atoms with Crippen LogP contribution in [0.1, 0.15) is 27.7 Å². The SMILES string of the molecule is C=CCN1CCN(C(=O)c2csc(C)c2CC)CC1. The third-order valence-electron chi connectivity index (χ3n) is 3.73.